The Kier molecular flexibility index (Phi) is 5.67. The van der Waals surface area contributed by atoms with E-state index in [4.69, 9.17) is 17.3 Å². The molecule has 0 aliphatic carbocycles. The van der Waals surface area contributed by atoms with Crippen molar-refractivity contribution in [2.75, 3.05) is 27.7 Å². The Morgan fingerprint density at radius 2 is 1.71 bits per heavy atom. The van der Waals surface area contributed by atoms with Gasteiger partial charge in [0.25, 0.3) is 5.91 Å². The fraction of sp³-hybridized carbons (Fsp3) is 0.115. The number of rotatable bonds is 4. The van der Waals surface area contributed by atoms with Gasteiger partial charge in [0.1, 0.15) is 0 Å². The molecular formula is C26H22ClN3O3S. The monoisotopic (exact) mass is 491 g/mol. The van der Waals surface area contributed by atoms with Gasteiger partial charge in [0.15, 0.2) is 0 Å². The first kappa shape index (κ1) is 22.3. The van der Waals surface area contributed by atoms with Crippen LogP contribution in [0.2, 0.25) is 5.02 Å². The summed E-state index contributed by atoms with van der Waals surface area (Å²) in [6, 6.07) is 23.7. The van der Waals surface area contributed by atoms with Crippen molar-refractivity contribution >= 4 is 55.4 Å². The highest BCUT2D eigenvalue weighted by Gasteiger charge is 2.28. The number of fused-ring (bicyclic) bond motifs is 1. The average molecular weight is 492 g/mol. The Morgan fingerprint density at radius 1 is 0.941 bits per heavy atom. The highest BCUT2D eigenvalue weighted by Crippen LogP contribution is 2.34. The van der Waals surface area contributed by atoms with Crippen LogP contribution >= 0.6 is 11.6 Å². The zero-order valence-electron chi connectivity index (χ0n) is 18.2. The van der Waals surface area contributed by atoms with Crippen molar-refractivity contribution in [2.24, 2.45) is 0 Å². The van der Waals surface area contributed by atoms with E-state index in [1.165, 1.54) is 4.31 Å². The molecule has 0 spiro atoms. The van der Waals surface area contributed by atoms with Gasteiger partial charge in [-0.3, -0.25) is 9.10 Å². The summed E-state index contributed by atoms with van der Waals surface area (Å²) in [5, 5.41) is 5.24. The summed E-state index contributed by atoms with van der Waals surface area (Å²) in [6.45, 7) is 0.464. The number of anilines is 3. The van der Waals surface area contributed by atoms with Crippen molar-refractivity contribution in [1.29, 1.82) is 0 Å². The van der Waals surface area contributed by atoms with Gasteiger partial charge < -0.3 is 11.1 Å². The number of nitrogens with one attached hydrogen (secondary N) is 1. The van der Waals surface area contributed by atoms with E-state index in [0.29, 0.717) is 40.6 Å². The molecule has 0 bridgehead atoms. The predicted molar refractivity (Wildman–Crippen MR) is 139 cm³/mol. The molecule has 0 aromatic heterocycles. The van der Waals surface area contributed by atoms with E-state index in [2.05, 4.69) is 5.32 Å². The summed E-state index contributed by atoms with van der Waals surface area (Å²) >= 11 is 6.51. The lowest BCUT2D eigenvalue weighted by Crippen LogP contribution is -2.25. The molecule has 172 valence electrons. The van der Waals surface area contributed by atoms with Crippen molar-refractivity contribution in [3.8, 4) is 11.1 Å². The van der Waals surface area contributed by atoms with E-state index in [0.717, 1.165) is 21.9 Å². The summed E-state index contributed by atoms with van der Waals surface area (Å²) in [5.74, 6) is -0.126. The SMILES string of the molecule is Nc1cccc2cc(-c3cccc(NC(=O)c4ccc(N5CCCS5(=O)=O)cc4)c3)cc(Cl)c12. The van der Waals surface area contributed by atoms with Gasteiger partial charge in [-0.05, 0) is 77.5 Å². The van der Waals surface area contributed by atoms with Crippen LogP contribution in [-0.4, -0.2) is 26.6 Å². The molecule has 1 fully saturated rings. The minimum Gasteiger partial charge on any atom is -0.398 e. The van der Waals surface area contributed by atoms with Gasteiger partial charge in [-0.15, -0.1) is 0 Å². The van der Waals surface area contributed by atoms with Gasteiger partial charge in [0.2, 0.25) is 10.0 Å². The lowest BCUT2D eigenvalue weighted by molar-refractivity contribution is 0.102. The third-order valence-corrected chi connectivity index (χ3v) is 8.10. The summed E-state index contributed by atoms with van der Waals surface area (Å²) in [7, 11) is -3.26. The highest BCUT2D eigenvalue weighted by molar-refractivity contribution is 7.93. The van der Waals surface area contributed by atoms with E-state index in [1.54, 1.807) is 24.3 Å². The highest BCUT2D eigenvalue weighted by atomic mass is 35.5. The van der Waals surface area contributed by atoms with Crippen LogP contribution < -0.4 is 15.4 Å². The standard InChI is InChI=1S/C26H22ClN3O3S/c27-23-16-20(14-19-5-2-7-24(28)25(19)23)18-4-1-6-21(15-18)29-26(31)17-8-10-22(11-9-17)30-12-3-13-34(30,32)33/h1-2,4-11,14-16H,3,12-13,28H2,(H,29,31). The quantitative estimate of drug-likeness (QED) is 0.367. The van der Waals surface area contributed by atoms with Crippen LogP contribution in [-0.2, 0) is 10.0 Å². The minimum absolute atomic E-state index is 0.154. The van der Waals surface area contributed by atoms with E-state index in [-0.39, 0.29) is 11.7 Å². The van der Waals surface area contributed by atoms with Gasteiger partial charge in [-0.25, -0.2) is 8.42 Å². The van der Waals surface area contributed by atoms with Crippen molar-refractivity contribution in [3.63, 3.8) is 0 Å². The molecule has 8 heteroatoms. The topological polar surface area (TPSA) is 92.5 Å². The number of halogens is 1. The molecule has 6 nitrogen and oxygen atoms in total. The smallest absolute Gasteiger partial charge is 0.255 e. The number of nitrogens with zero attached hydrogens (tertiary/aromatic N) is 1. The number of amides is 1. The molecule has 0 radical (unpaired) electrons. The number of nitrogen functional groups attached to an aromatic ring is 1. The summed E-state index contributed by atoms with van der Waals surface area (Å²) in [4.78, 5) is 12.8. The van der Waals surface area contributed by atoms with Crippen LogP contribution in [0.5, 0.6) is 0 Å². The second-order valence-electron chi connectivity index (χ2n) is 8.23. The van der Waals surface area contributed by atoms with E-state index < -0.39 is 10.0 Å². The zero-order chi connectivity index (χ0) is 23.9. The number of sulfonamides is 1. The van der Waals surface area contributed by atoms with Gasteiger partial charge in [-0.1, -0.05) is 35.9 Å². The molecule has 1 amide bonds. The lowest BCUT2D eigenvalue weighted by Gasteiger charge is -2.17. The molecular weight excluding hydrogens is 470 g/mol. The van der Waals surface area contributed by atoms with Crippen LogP contribution in [0.4, 0.5) is 17.1 Å². The Morgan fingerprint density at radius 3 is 2.44 bits per heavy atom. The molecule has 3 N–H and O–H groups in total. The molecule has 1 heterocycles. The fourth-order valence-electron chi connectivity index (χ4n) is 4.26. The summed E-state index contributed by atoms with van der Waals surface area (Å²) in [5.41, 5.74) is 10.2. The van der Waals surface area contributed by atoms with Crippen LogP contribution in [0.3, 0.4) is 0 Å². The summed E-state index contributed by atoms with van der Waals surface area (Å²) < 4.78 is 25.6. The van der Waals surface area contributed by atoms with Gasteiger partial charge >= 0.3 is 0 Å². The fourth-order valence-corrected chi connectivity index (χ4v) is 6.16. The molecule has 4 aromatic carbocycles. The van der Waals surface area contributed by atoms with E-state index >= 15 is 0 Å². The van der Waals surface area contributed by atoms with Gasteiger partial charge in [-0.2, -0.15) is 0 Å². The molecule has 1 aliphatic heterocycles. The number of hydrogen-bond donors (Lipinski definition) is 2. The molecule has 1 saturated heterocycles. The number of nitrogens with two attached hydrogens (primary N) is 1. The number of benzene rings is 4. The molecule has 1 aliphatic rings. The Hall–Kier alpha value is -3.55. The second kappa shape index (κ2) is 8.66. The first-order valence-corrected chi connectivity index (χ1v) is 12.8. The predicted octanol–water partition coefficient (Wildman–Crippen LogP) is 5.53. The number of carbonyl (C=O) groups excluding carboxylic acids is 1. The van der Waals surface area contributed by atoms with Crippen molar-refractivity contribution in [3.05, 3.63) is 89.4 Å². The first-order valence-electron chi connectivity index (χ1n) is 10.8. The third-order valence-electron chi connectivity index (χ3n) is 5.93. The maximum absolute atomic E-state index is 12.8. The second-order valence-corrected chi connectivity index (χ2v) is 10.6. The molecule has 0 atom stereocenters. The van der Waals surface area contributed by atoms with Crippen molar-refractivity contribution < 1.29 is 13.2 Å². The minimum atomic E-state index is -3.26. The lowest BCUT2D eigenvalue weighted by atomic mass is 10.00. The van der Waals surface area contributed by atoms with Crippen LogP contribution in [0, 0.1) is 0 Å². The third kappa shape index (κ3) is 4.20. The maximum atomic E-state index is 12.8. The Balaban J connectivity index is 1.37. The maximum Gasteiger partial charge on any atom is 0.255 e. The summed E-state index contributed by atoms with van der Waals surface area (Å²) in [6.07, 6.45) is 0.608. The molecule has 0 saturated carbocycles. The Bertz CT molecular complexity index is 1520. The zero-order valence-corrected chi connectivity index (χ0v) is 19.7. The molecule has 0 unspecified atom stereocenters. The van der Waals surface area contributed by atoms with Gasteiger partial charge in [0.05, 0.1) is 16.5 Å². The van der Waals surface area contributed by atoms with Crippen LogP contribution in [0.25, 0.3) is 21.9 Å². The number of hydrogen-bond acceptors (Lipinski definition) is 4. The first-order chi connectivity index (χ1) is 16.3. The van der Waals surface area contributed by atoms with Crippen LogP contribution in [0.1, 0.15) is 16.8 Å². The average Bonchev–Trinajstić information content (AvgIpc) is 3.18. The van der Waals surface area contributed by atoms with E-state index in [1.807, 2.05) is 54.6 Å². The van der Waals surface area contributed by atoms with E-state index in [9.17, 15) is 13.2 Å². The number of carbonyl (C=O) groups is 1. The van der Waals surface area contributed by atoms with Gasteiger partial charge in [0, 0.05) is 28.9 Å². The Labute approximate surface area is 203 Å². The normalized spacial score (nSPS) is 14.9. The largest absolute Gasteiger partial charge is 0.398 e. The van der Waals surface area contributed by atoms with Crippen molar-refractivity contribution in [2.45, 2.75) is 6.42 Å². The molecule has 4 aromatic rings. The molecule has 5 rings (SSSR count). The van der Waals surface area contributed by atoms with Crippen molar-refractivity contribution in [1.82, 2.24) is 0 Å². The van der Waals surface area contributed by atoms with Crippen LogP contribution in [0.15, 0.2) is 78.9 Å². The molecule has 34 heavy (non-hydrogen) atoms.